The first-order valence-electron chi connectivity index (χ1n) is 6.92. The van der Waals surface area contributed by atoms with E-state index in [0.29, 0.717) is 5.02 Å². The van der Waals surface area contributed by atoms with Crippen molar-refractivity contribution in [2.24, 2.45) is 5.41 Å². The fourth-order valence-corrected chi connectivity index (χ4v) is 2.47. The van der Waals surface area contributed by atoms with Crippen molar-refractivity contribution in [2.75, 3.05) is 25.0 Å². The second kappa shape index (κ2) is 6.57. The minimum atomic E-state index is -0.0739. The van der Waals surface area contributed by atoms with Crippen LogP contribution in [0.25, 0.3) is 0 Å². The van der Waals surface area contributed by atoms with Crippen molar-refractivity contribution in [2.45, 2.75) is 26.2 Å². The smallest absolute Gasteiger partial charge is 0.238 e. The number of aryl methyl sites for hydroxylation is 1. The Morgan fingerprint density at radius 3 is 2.85 bits per heavy atom. The zero-order valence-corrected chi connectivity index (χ0v) is 12.5. The number of carbonyl (C=O) groups excluding carboxylic acids is 1. The zero-order valence-electron chi connectivity index (χ0n) is 11.7. The number of halogens is 1. The second-order valence-electron chi connectivity index (χ2n) is 5.58. The van der Waals surface area contributed by atoms with Crippen molar-refractivity contribution >= 4 is 23.2 Å². The largest absolute Gasteiger partial charge is 0.396 e. The maximum absolute atomic E-state index is 11.9. The lowest BCUT2D eigenvalue weighted by Gasteiger charge is -2.14. The molecular formula is C15H21ClN2O2. The van der Waals surface area contributed by atoms with Crippen molar-refractivity contribution in [3.05, 3.63) is 28.8 Å². The van der Waals surface area contributed by atoms with E-state index in [1.54, 1.807) is 12.1 Å². The summed E-state index contributed by atoms with van der Waals surface area (Å²) in [6, 6.07) is 5.44. The molecule has 3 N–H and O–H groups in total. The van der Waals surface area contributed by atoms with Crippen LogP contribution in [0.5, 0.6) is 0 Å². The Balaban J connectivity index is 1.77. The van der Waals surface area contributed by atoms with E-state index in [4.69, 9.17) is 16.7 Å². The standard InChI is InChI=1S/C15H21ClN2O2/c1-11-2-3-12(16)8-13(11)18-14(20)9-17-10-15(4-5-15)6-7-19/h2-3,8,17,19H,4-7,9-10H2,1H3,(H,18,20). The summed E-state index contributed by atoms with van der Waals surface area (Å²) in [4.78, 5) is 11.9. The molecule has 0 heterocycles. The normalized spacial score (nSPS) is 15.9. The topological polar surface area (TPSA) is 61.4 Å². The SMILES string of the molecule is Cc1ccc(Cl)cc1NC(=O)CNCC1(CCO)CC1. The van der Waals surface area contributed by atoms with Gasteiger partial charge >= 0.3 is 0 Å². The minimum absolute atomic E-state index is 0.0739. The molecule has 0 unspecified atom stereocenters. The summed E-state index contributed by atoms with van der Waals surface area (Å²) in [5, 5.41) is 15.6. The zero-order chi connectivity index (χ0) is 14.6. The fraction of sp³-hybridized carbons (Fsp3) is 0.533. The predicted octanol–water partition coefficient (Wildman–Crippen LogP) is 2.34. The Hall–Kier alpha value is -1.10. The molecule has 0 saturated heterocycles. The van der Waals surface area contributed by atoms with Gasteiger partial charge in [-0.05, 0) is 49.3 Å². The van der Waals surface area contributed by atoms with Gasteiger partial charge in [0.15, 0.2) is 0 Å². The summed E-state index contributed by atoms with van der Waals surface area (Å²) >= 11 is 5.92. The van der Waals surface area contributed by atoms with E-state index in [1.165, 1.54) is 0 Å². The lowest BCUT2D eigenvalue weighted by atomic mass is 10.0. The number of nitrogens with one attached hydrogen (secondary N) is 2. The maximum Gasteiger partial charge on any atom is 0.238 e. The maximum atomic E-state index is 11.9. The van der Waals surface area contributed by atoms with Gasteiger partial charge in [-0.3, -0.25) is 4.79 Å². The van der Waals surface area contributed by atoms with Crippen LogP contribution in [-0.4, -0.2) is 30.7 Å². The third kappa shape index (κ3) is 4.20. The van der Waals surface area contributed by atoms with Crippen LogP contribution < -0.4 is 10.6 Å². The van der Waals surface area contributed by atoms with Gasteiger partial charge in [0.2, 0.25) is 5.91 Å². The van der Waals surface area contributed by atoms with Crippen LogP contribution in [0.15, 0.2) is 18.2 Å². The Morgan fingerprint density at radius 2 is 2.20 bits per heavy atom. The van der Waals surface area contributed by atoms with Gasteiger partial charge in [-0.2, -0.15) is 0 Å². The summed E-state index contributed by atoms with van der Waals surface area (Å²) < 4.78 is 0. The van der Waals surface area contributed by atoms with Crippen LogP contribution in [0.4, 0.5) is 5.69 Å². The molecule has 1 aromatic rings. The van der Waals surface area contributed by atoms with Crippen molar-refractivity contribution in [3.8, 4) is 0 Å². The van der Waals surface area contributed by atoms with Gasteiger partial charge in [-0.1, -0.05) is 17.7 Å². The van der Waals surface area contributed by atoms with E-state index < -0.39 is 0 Å². The summed E-state index contributed by atoms with van der Waals surface area (Å²) in [5.41, 5.74) is 1.96. The fourth-order valence-electron chi connectivity index (χ4n) is 2.29. The number of carbonyl (C=O) groups is 1. The van der Waals surface area contributed by atoms with E-state index in [0.717, 1.165) is 37.1 Å². The van der Waals surface area contributed by atoms with Gasteiger partial charge in [0.1, 0.15) is 0 Å². The number of hydrogen-bond acceptors (Lipinski definition) is 3. The molecule has 0 aliphatic heterocycles. The third-order valence-electron chi connectivity index (χ3n) is 3.86. The molecule has 1 amide bonds. The van der Waals surface area contributed by atoms with Gasteiger partial charge in [0.25, 0.3) is 0 Å². The van der Waals surface area contributed by atoms with Gasteiger partial charge in [0.05, 0.1) is 6.54 Å². The Bertz CT molecular complexity index is 487. The number of benzene rings is 1. The minimum Gasteiger partial charge on any atom is -0.396 e. The van der Waals surface area contributed by atoms with Crippen LogP contribution in [-0.2, 0) is 4.79 Å². The average Bonchev–Trinajstić information content (AvgIpc) is 3.14. The molecule has 4 nitrogen and oxygen atoms in total. The highest BCUT2D eigenvalue weighted by Gasteiger charge is 2.41. The van der Waals surface area contributed by atoms with Crippen LogP contribution in [0.1, 0.15) is 24.8 Å². The monoisotopic (exact) mass is 296 g/mol. The van der Waals surface area contributed by atoms with Gasteiger partial charge in [0, 0.05) is 23.9 Å². The predicted molar refractivity (Wildman–Crippen MR) is 81.1 cm³/mol. The van der Waals surface area contributed by atoms with E-state index in [2.05, 4.69) is 10.6 Å². The van der Waals surface area contributed by atoms with Crippen LogP contribution >= 0.6 is 11.6 Å². The molecule has 0 bridgehead atoms. The first-order chi connectivity index (χ1) is 9.54. The summed E-state index contributed by atoms with van der Waals surface area (Å²) in [7, 11) is 0. The highest BCUT2D eigenvalue weighted by Crippen LogP contribution is 2.47. The molecule has 0 spiro atoms. The number of aliphatic hydroxyl groups excluding tert-OH is 1. The van der Waals surface area contributed by atoms with E-state index in [9.17, 15) is 4.79 Å². The van der Waals surface area contributed by atoms with E-state index >= 15 is 0 Å². The van der Waals surface area contributed by atoms with Crippen molar-refractivity contribution in [1.29, 1.82) is 0 Å². The average molecular weight is 297 g/mol. The second-order valence-corrected chi connectivity index (χ2v) is 6.02. The van der Waals surface area contributed by atoms with Crippen LogP contribution in [0.2, 0.25) is 5.02 Å². The first kappa shape index (κ1) is 15.3. The highest BCUT2D eigenvalue weighted by atomic mass is 35.5. The number of amides is 1. The summed E-state index contributed by atoms with van der Waals surface area (Å²) in [6.07, 6.45) is 3.08. The Labute approximate surface area is 124 Å². The van der Waals surface area contributed by atoms with E-state index in [1.807, 2.05) is 13.0 Å². The van der Waals surface area contributed by atoms with E-state index in [-0.39, 0.29) is 24.5 Å². The number of hydrogen-bond donors (Lipinski definition) is 3. The number of aliphatic hydroxyl groups is 1. The molecule has 5 heteroatoms. The highest BCUT2D eigenvalue weighted by molar-refractivity contribution is 6.31. The molecule has 1 aliphatic rings. The molecular weight excluding hydrogens is 276 g/mol. The number of anilines is 1. The Morgan fingerprint density at radius 1 is 1.45 bits per heavy atom. The van der Waals surface area contributed by atoms with Gasteiger partial charge in [-0.25, -0.2) is 0 Å². The Kier molecular flexibility index (Phi) is 5.02. The molecule has 20 heavy (non-hydrogen) atoms. The van der Waals surface area contributed by atoms with Crippen molar-refractivity contribution < 1.29 is 9.90 Å². The molecule has 1 fully saturated rings. The molecule has 1 aromatic carbocycles. The van der Waals surface area contributed by atoms with Crippen molar-refractivity contribution in [3.63, 3.8) is 0 Å². The first-order valence-corrected chi connectivity index (χ1v) is 7.30. The molecule has 0 radical (unpaired) electrons. The van der Waals surface area contributed by atoms with Crippen LogP contribution in [0, 0.1) is 12.3 Å². The van der Waals surface area contributed by atoms with Crippen LogP contribution in [0.3, 0.4) is 0 Å². The number of rotatable bonds is 7. The molecule has 1 saturated carbocycles. The lowest BCUT2D eigenvalue weighted by Crippen LogP contribution is -2.33. The summed E-state index contributed by atoms with van der Waals surface area (Å²) in [6.45, 7) is 3.21. The lowest BCUT2D eigenvalue weighted by molar-refractivity contribution is -0.115. The molecule has 0 atom stereocenters. The van der Waals surface area contributed by atoms with Gasteiger partial charge < -0.3 is 15.7 Å². The molecule has 1 aliphatic carbocycles. The summed E-state index contributed by atoms with van der Waals surface area (Å²) in [5.74, 6) is -0.0739. The van der Waals surface area contributed by atoms with Gasteiger partial charge in [-0.15, -0.1) is 0 Å². The third-order valence-corrected chi connectivity index (χ3v) is 4.09. The molecule has 110 valence electrons. The molecule has 2 rings (SSSR count). The van der Waals surface area contributed by atoms with Crippen molar-refractivity contribution in [1.82, 2.24) is 5.32 Å². The molecule has 0 aromatic heterocycles. The quantitative estimate of drug-likeness (QED) is 0.724.